The maximum Gasteiger partial charge on any atom is 0.0486 e. The van der Waals surface area contributed by atoms with Gasteiger partial charge < -0.3 is 9.88 Å². The molecule has 0 fully saturated rings. The molecule has 0 spiro atoms. The molecule has 0 unspecified atom stereocenters. The van der Waals surface area contributed by atoms with E-state index >= 15 is 0 Å². The van der Waals surface area contributed by atoms with E-state index in [-0.39, 0.29) is 0 Å². The van der Waals surface area contributed by atoms with Crippen molar-refractivity contribution < 1.29 is 0 Å². The van der Waals surface area contributed by atoms with E-state index in [1.807, 2.05) is 24.5 Å². The highest BCUT2D eigenvalue weighted by Gasteiger charge is 2.08. The third-order valence-electron chi connectivity index (χ3n) is 4.47. The number of hydrogen-bond donors (Lipinski definition) is 1. The van der Waals surface area contributed by atoms with E-state index in [0.717, 1.165) is 25.2 Å². The molecule has 2 aromatic carbocycles. The molecule has 25 heavy (non-hydrogen) atoms. The Labute approximate surface area is 148 Å². The summed E-state index contributed by atoms with van der Waals surface area (Å²) in [4.78, 5) is 4.05. The van der Waals surface area contributed by atoms with Gasteiger partial charge in [-0.15, -0.1) is 0 Å². The van der Waals surface area contributed by atoms with E-state index in [4.69, 9.17) is 0 Å². The number of hydrogen-bond acceptors (Lipinski definition) is 2. The molecule has 0 saturated heterocycles. The lowest BCUT2D eigenvalue weighted by Gasteiger charge is -2.05. The Bertz CT molecular complexity index is 943. The van der Waals surface area contributed by atoms with Gasteiger partial charge in [-0.1, -0.05) is 48.5 Å². The highest BCUT2D eigenvalue weighted by Crippen LogP contribution is 2.23. The zero-order valence-corrected chi connectivity index (χ0v) is 14.1. The van der Waals surface area contributed by atoms with Gasteiger partial charge in [-0.25, -0.2) is 0 Å². The van der Waals surface area contributed by atoms with E-state index in [2.05, 4.69) is 75.7 Å². The molecule has 4 rings (SSSR count). The van der Waals surface area contributed by atoms with Crippen molar-refractivity contribution in [2.45, 2.75) is 13.0 Å². The number of rotatable bonds is 6. The average molecular weight is 327 g/mol. The number of pyridine rings is 1. The van der Waals surface area contributed by atoms with Crippen molar-refractivity contribution in [2.24, 2.45) is 0 Å². The Morgan fingerprint density at radius 3 is 2.44 bits per heavy atom. The SMILES string of the molecule is c1ccc(Cn2cc(CCNc3ccncc3)c3ccccc32)cc1. The second-order valence-corrected chi connectivity index (χ2v) is 6.20. The number of para-hydroxylation sites is 1. The summed E-state index contributed by atoms with van der Waals surface area (Å²) in [6.45, 7) is 1.81. The molecular weight excluding hydrogens is 306 g/mol. The molecule has 0 atom stereocenters. The van der Waals surface area contributed by atoms with E-state index in [9.17, 15) is 0 Å². The lowest BCUT2D eigenvalue weighted by atomic mass is 10.1. The first-order valence-corrected chi connectivity index (χ1v) is 8.65. The smallest absolute Gasteiger partial charge is 0.0486 e. The molecule has 0 radical (unpaired) electrons. The minimum Gasteiger partial charge on any atom is -0.385 e. The predicted octanol–water partition coefficient (Wildman–Crippen LogP) is 4.74. The largest absolute Gasteiger partial charge is 0.385 e. The summed E-state index contributed by atoms with van der Waals surface area (Å²) in [7, 11) is 0. The Hall–Kier alpha value is -3.07. The summed E-state index contributed by atoms with van der Waals surface area (Å²) in [6.07, 6.45) is 6.92. The van der Waals surface area contributed by atoms with Crippen molar-refractivity contribution in [1.29, 1.82) is 0 Å². The van der Waals surface area contributed by atoms with E-state index in [0.29, 0.717) is 0 Å². The van der Waals surface area contributed by atoms with Gasteiger partial charge in [0.25, 0.3) is 0 Å². The van der Waals surface area contributed by atoms with Gasteiger partial charge in [-0.3, -0.25) is 4.98 Å². The highest BCUT2D eigenvalue weighted by molar-refractivity contribution is 5.84. The quantitative estimate of drug-likeness (QED) is 0.554. The minimum atomic E-state index is 0.902. The summed E-state index contributed by atoms with van der Waals surface area (Å²) < 4.78 is 2.35. The fourth-order valence-electron chi connectivity index (χ4n) is 3.24. The zero-order valence-electron chi connectivity index (χ0n) is 14.1. The summed E-state index contributed by atoms with van der Waals surface area (Å²) in [6, 6.07) is 23.3. The number of fused-ring (bicyclic) bond motifs is 1. The van der Waals surface area contributed by atoms with Crippen molar-refractivity contribution >= 4 is 16.6 Å². The first kappa shape index (κ1) is 15.5. The lowest BCUT2D eigenvalue weighted by molar-refractivity contribution is 0.829. The van der Waals surface area contributed by atoms with Crippen molar-refractivity contribution in [3.63, 3.8) is 0 Å². The van der Waals surface area contributed by atoms with Crippen molar-refractivity contribution in [2.75, 3.05) is 11.9 Å². The number of nitrogens with one attached hydrogen (secondary N) is 1. The van der Waals surface area contributed by atoms with Gasteiger partial charge in [0, 0.05) is 48.3 Å². The summed E-state index contributed by atoms with van der Waals surface area (Å²) in [5.74, 6) is 0. The molecule has 3 heteroatoms. The molecule has 0 aliphatic heterocycles. The average Bonchev–Trinajstić information content (AvgIpc) is 3.01. The zero-order chi connectivity index (χ0) is 16.9. The molecule has 1 N–H and O–H groups in total. The standard InChI is InChI=1S/C22H21N3/c1-2-6-18(7-3-1)16-25-17-19(21-8-4-5-9-22(21)25)10-15-24-20-11-13-23-14-12-20/h1-9,11-14,17H,10,15-16H2,(H,23,24). The minimum absolute atomic E-state index is 0.902. The second-order valence-electron chi connectivity index (χ2n) is 6.20. The molecule has 2 aromatic heterocycles. The van der Waals surface area contributed by atoms with Crippen LogP contribution in [0.1, 0.15) is 11.1 Å². The predicted molar refractivity (Wildman–Crippen MR) is 104 cm³/mol. The molecule has 0 saturated carbocycles. The fraction of sp³-hybridized carbons (Fsp3) is 0.136. The van der Waals surface area contributed by atoms with Gasteiger partial charge in [0.2, 0.25) is 0 Å². The van der Waals surface area contributed by atoms with Crippen LogP contribution in [0.25, 0.3) is 10.9 Å². The van der Waals surface area contributed by atoms with E-state index in [1.54, 1.807) is 0 Å². The topological polar surface area (TPSA) is 29.9 Å². The Kier molecular flexibility index (Phi) is 4.46. The number of benzene rings is 2. The fourth-order valence-corrected chi connectivity index (χ4v) is 3.24. The molecule has 0 bridgehead atoms. The molecule has 0 amide bonds. The van der Waals surface area contributed by atoms with Gasteiger partial charge in [-0.05, 0) is 35.7 Å². The molecule has 0 aliphatic rings. The highest BCUT2D eigenvalue weighted by atomic mass is 15.0. The van der Waals surface area contributed by atoms with Crippen LogP contribution < -0.4 is 5.32 Å². The maximum atomic E-state index is 4.05. The first-order chi connectivity index (χ1) is 12.4. The number of anilines is 1. The Morgan fingerprint density at radius 1 is 0.840 bits per heavy atom. The monoisotopic (exact) mass is 327 g/mol. The van der Waals surface area contributed by atoms with Crippen molar-refractivity contribution in [1.82, 2.24) is 9.55 Å². The molecule has 3 nitrogen and oxygen atoms in total. The summed E-state index contributed by atoms with van der Waals surface area (Å²) >= 11 is 0. The van der Waals surface area contributed by atoms with Crippen LogP contribution in [0.2, 0.25) is 0 Å². The maximum absolute atomic E-state index is 4.05. The second kappa shape index (κ2) is 7.22. The van der Waals surface area contributed by atoms with Gasteiger partial charge in [-0.2, -0.15) is 0 Å². The molecular formula is C22H21N3. The molecule has 4 aromatic rings. The van der Waals surface area contributed by atoms with Gasteiger partial charge in [0.1, 0.15) is 0 Å². The van der Waals surface area contributed by atoms with Crippen LogP contribution in [0.15, 0.2) is 85.3 Å². The third kappa shape index (κ3) is 3.56. The lowest BCUT2D eigenvalue weighted by Crippen LogP contribution is -2.04. The van der Waals surface area contributed by atoms with Crippen LogP contribution in [-0.4, -0.2) is 16.1 Å². The first-order valence-electron chi connectivity index (χ1n) is 8.65. The van der Waals surface area contributed by atoms with Crippen LogP contribution in [0, 0.1) is 0 Å². The Morgan fingerprint density at radius 2 is 1.60 bits per heavy atom. The Balaban J connectivity index is 1.54. The van der Waals surface area contributed by atoms with E-state index < -0.39 is 0 Å². The third-order valence-corrected chi connectivity index (χ3v) is 4.47. The number of nitrogens with zero attached hydrogens (tertiary/aromatic N) is 2. The van der Waals surface area contributed by atoms with Gasteiger partial charge in [0.05, 0.1) is 0 Å². The normalized spacial score (nSPS) is 10.9. The van der Waals surface area contributed by atoms with Crippen LogP contribution in [-0.2, 0) is 13.0 Å². The molecule has 0 aliphatic carbocycles. The van der Waals surface area contributed by atoms with Crippen LogP contribution >= 0.6 is 0 Å². The van der Waals surface area contributed by atoms with Crippen LogP contribution in [0.4, 0.5) is 5.69 Å². The van der Waals surface area contributed by atoms with Crippen molar-refractivity contribution in [3.05, 3.63) is 96.4 Å². The number of aromatic nitrogens is 2. The summed E-state index contributed by atoms with van der Waals surface area (Å²) in [5, 5.41) is 4.81. The molecule has 124 valence electrons. The van der Waals surface area contributed by atoms with Crippen molar-refractivity contribution in [3.8, 4) is 0 Å². The molecule has 2 heterocycles. The summed E-state index contributed by atoms with van der Waals surface area (Å²) in [5.41, 5.74) is 5.12. The van der Waals surface area contributed by atoms with Gasteiger partial charge >= 0.3 is 0 Å². The van der Waals surface area contributed by atoms with Crippen LogP contribution in [0.3, 0.4) is 0 Å². The van der Waals surface area contributed by atoms with E-state index in [1.165, 1.54) is 22.0 Å². The van der Waals surface area contributed by atoms with Crippen LogP contribution in [0.5, 0.6) is 0 Å². The van der Waals surface area contributed by atoms with Gasteiger partial charge in [0.15, 0.2) is 0 Å².